The summed E-state index contributed by atoms with van der Waals surface area (Å²) in [6, 6.07) is 0. The molecule has 2 rings (SSSR count). The SMILES string of the molecule is COC(=O)C1CCN(Cc2nc(CC(C)C)no2)CC1. The Morgan fingerprint density at radius 3 is 2.75 bits per heavy atom. The maximum atomic E-state index is 11.5. The summed E-state index contributed by atoms with van der Waals surface area (Å²) < 4.78 is 10.1. The van der Waals surface area contributed by atoms with Crippen molar-refractivity contribution in [2.75, 3.05) is 20.2 Å². The van der Waals surface area contributed by atoms with Crippen molar-refractivity contribution in [1.82, 2.24) is 15.0 Å². The van der Waals surface area contributed by atoms with Crippen LogP contribution in [0.25, 0.3) is 0 Å². The van der Waals surface area contributed by atoms with Gasteiger partial charge in [-0.25, -0.2) is 0 Å². The van der Waals surface area contributed by atoms with Crippen molar-refractivity contribution >= 4 is 5.97 Å². The summed E-state index contributed by atoms with van der Waals surface area (Å²) >= 11 is 0. The van der Waals surface area contributed by atoms with Gasteiger partial charge >= 0.3 is 5.97 Å². The monoisotopic (exact) mass is 281 g/mol. The minimum atomic E-state index is -0.0957. The van der Waals surface area contributed by atoms with Crippen LogP contribution < -0.4 is 0 Å². The number of aromatic nitrogens is 2. The number of esters is 1. The molecule has 112 valence electrons. The zero-order valence-electron chi connectivity index (χ0n) is 12.5. The Labute approximate surface area is 119 Å². The largest absolute Gasteiger partial charge is 0.469 e. The van der Waals surface area contributed by atoms with Crippen LogP contribution in [0.2, 0.25) is 0 Å². The first-order valence-corrected chi connectivity index (χ1v) is 7.20. The Bertz CT molecular complexity index is 437. The number of ether oxygens (including phenoxy) is 1. The Morgan fingerprint density at radius 2 is 2.15 bits per heavy atom. The summed E-state index contributed by atoms with van der Waals surface area (Å²) in [7, 11) is 1.45. The molecule has 20 heavy (non-hydrogen) atoms. The first-order chi connectivity index (χ1) is 9.58. The third-order valence-corrected chi connectivity index (χ3v) is 3.58. The van der Waals surface area contributed by atoms with Crippen LogP contribution in [0, 0.1) is 11.8 Å². The predicted octanol–water partition coefficient (Wildman–Crippen LogP) is 1.65. The van der Waals surface area contributed by atoms with Crippen LogP contribution in [0.15, 0.2) is 4.52 Å². The molecule has 2 heterocycles. The molecule has 0 aliphatic carbocycles. The maximum absolute atomic E-state index is 11.5. The number of methoxy groups -OCH3 is 1. The predicted molar refractivity (Wildman–Crippen MR) is 72.9 cm³/mol. The van der Waals surface area contributed by atoms with Crippen LogP contribution in [0.5, 0.6) is 0 Å². The zero-order valence-corrected chi connectivity index (χ0v) is 12.5. The Kier molecular flexibility index (Phi) is 5.11. The fourth-order valence-electron chi connectivity index (χ4n) is 2.49. The smallest absolute Gasteiger partial charge is 0.308 e. The van der Waals surface area contributed by atoms with Gasteiger partial charge in [0.05, 0.1) is 19.6 Å². The highest BCUT2D eigenvalue weighted by molar-refractivity contribution is 5.72. The van der Waals surface area contributed by atoms with Crippen molar-refractivity contribution in [1.29, 1.82) is 0 Å². The molecule has 0 bridgehead atoms. The summed E-state index contributed by atoms with van der Waals surface area (Å²) in [6.45, 7) is 6.66. The molecule has 0 atom stereocenters. The van der Waals surface area contributed by atoms with Crippen LogP contribution >= 0.6 is 0 Å². The van der Waals surface area contributed by atoms with Gasteiger partial charge < -0.3 is 9.26 Å². The van der Waals surface area contributed by atoms with Gasteiger partial charge in [0.15, 0.2) is 5.82 Å². The van der Waals surface area contributed by atoms with Gasteiger partial charge in [-0.05, 0) is 31.8 Å². The second kappa shape index (κ2) is 6.83. The number of nitrogens with zero attached hydrogens (tertiary/aromatic N) is 3. The number of piperidine rings is 1. The van der Waals surface area contributed by atoms with E-state index < -0.39 is 0 Å². The molecule has 1 aliphatic heterocycles. The number of rotatable bonds is 5. The molecule has 0 aromatic carbocycles. The topological polar surface area (TPSA) is 68.5 Å². The average Bonchev–Trinajstić information content (AvgIpc) is 2.85. The molecular weight excluding hydrogens is 258 g/mol. The normalized spacial score (nSPS) is 17.6. The Hall–Kier alpha value is -1.43. The molecule has 0 N–H and O–H groups in total. The van der Waals surface area contributed by atoms with Gasteiger partial charge in [0, 0.05) is 6.42 Å². The van der Waals surface area contributed by atoms with Crippen LogP contribution in [0.1, 0.15) is 38.4 Å². The summed E-state index contributed by atoms with van der Waals surface area (Å²) in [4.78, 5) is 18.1. The van der Waals surface area contributed by atoms with Gasteiger partial charge in [-0.3, -0.25) is 9.69 Å². The van der Waals surface area contributed by atoms with Crippen molar-refractivity contribution in [2.45, 2.75) is 39.7 Å². The van der Waals surface area contributed by atoms with E-state index in [4.69, 9.17) is 9.26 Å². The summed E-state index contributed by atoms with van der Waals surface area (Å²) in [6.07, 6.45) is 2.51. The Morgan fingerprint density at radius 1 is 1.45 bits per heavy atom. The molecule has 0 unspecified atom stereocenters. The first-order valence-electron chi connectivity index (χ1n) is 7.20. The molecule has 6 nitrogen and oxygen atoms in total. The van der Waals surface area contributed by atoms with Gasteiger partial charge in [-0.15, -0.1) is 0 Å². The van der Waals surface area contributed by atoms with Crippen molar-refractivity contribution in [3.8, 4) is 0 Å². The molecule has 0 radical (unpaired) electrons. The highest BCUT2D eigenvalue weighted by Gasteiger charge is 2.26. The summed E-state index contributed by atoms with van der Waals surface area (Å²) in [5.41, 5.74) is 0. The van der Waals surface area contributed by atoms with Crippen LogP contribution in [0.4, 0.5) is 0 Å². The Balaban J connectivity index is 1.80. The molecule has 0 saturated carbocycles. The second-order valence-electron chi connectivity index (χ2n) is 5.78. The van der Waals surface area contributed by atoms with E-state index in [0.29, 0.717) is 18.4 Å². The van der Waals surface area contributed by atoms with E-state index in [1.807, 2.05) is 0 Å². The molecule has 0 spiro atoms. The minimum Gasteiger partial charge on any atom is -0.469 e. The van der Waals surface area contributed by atoms with Gasteiger partial charge in [0.1, 0.15) is 0 Å². The zero-order chi connectivity index (χ0) is 14.5. The van der Waals surface area contributed by atoms with Gasteiger partial charge in [0.25, 0.3) is 0 Å². The molecule has 0 amide bonds. The van der Waals surface area contributed by atoms with Gasteiger partial charge in [-0.1, -0.05) is 19.0 Å². The lowest BCUT2D eigenvalue weighted by Crippen LogP contribution is -2.36. The van der Waals surface area contributed by atoms with Crippen molar-refractivity contribution < 1.29 is 14.1 Å². The van der Waals surface area contributed by atoms with Crippen molar-refractivity contribution in [3.63, 3.8) is 0 Å². The van der Waals surface area contributed by atoms with E-state index in [2.05, 4.69) is 28.9 Å². The number of likely N-dealkylation sites (tertiary alicyclic amines) is 1. The van der Waals surface area contributed by atoms with E-state index in [9.17, 15) is 4.79 Å². The molecule has 1 aromatic rings. The highest BCUT2D eigenvalue weighted by atomic mass is 16.5. The fourth-order valence-corrected chi connectivity index (χ4v) is 2.49. The first kappa shape index (κ1) is 15.0. The minimum absolute atomic E-state index is 0.0374. The lowest BCUT2D eigenvalue weighted by Gasteiger charge is -2.29. The molecule has 1 aliphatic rings. The van der Waals surface area contributed by atoms with Crippen LogP contribution in [0.3, 0.4) is 0 Å². The number of hydrogen-bond donors (Lipinski definition) is 0. The number of carbonyl (C=O) groups is 1. The van der Waals surface area contributed by atoms with E-state index in [1.165, 1.54) is 7.11 Å². The average molecular weight is 281 g/mol. The van der Waals surface area contributed by atoms with E-state index in [-0.39, 0.29) is 11.9 Å². The summed E-state index contributed by atoms with van der Waals surface area (Å²) in [5.74, 6) is 1.91. The fraction of sp³-hybridized carbons (Fsp3) is 0.786. The van der Waals surface area contributed by atoms with Crippen LogP contribution in [-0.2, 0) is 22.5 Å². The lowest BCUT2D eigenvalue weighted by molar-refractivity contribution is -0.147. The van der Waals surface area contributed by atoms with E-state index >= 15 is 0 Å². The molecule has 1 saturated heterocycles. The summed E-state index contributed by atoms with van der Waals surface area (Å²) in [5, 5.41) is 3.99. The number of hydrogen-bond acceptors (Lipinski definition) is 6. The van der Waals surface area contributed by atoms with Crippen LogP contribution in [-0.4, -0.2) is 41.2 Å². The quantitative estimate of drug-likeness (QED) is 0.764. The molecule has 1 aromatic heterocycles. The van der Waals surface area contributed by atoms with E-state index in [1.54, 1.807) is 0 Å². The molecule has 1 fully saturated rings. The molecule has 6 heteroatoms. The van der Waals surface area contributed by atoms with Crippen molar-refractivity contribution in [2.24, 2.45) is 11.8 Å². The highest BCUT2D eigenvalue weighted by Crippen LogP contribution is 2.19. The third kappa shape index (κ3) is 4.03. The maximum Gasteiger partial charge on any atom is 0.308 e. The van der Waals surface area contributed by atoms with Gasteiger partial charge in [-0.2, -0.15) is 4.98 Å². The lowest BCUT2D eigenvalue weighted by atomic mass is 9.97. The molecular formula is C14H23N3O3. The third-order valence-electron chi connectivity index (χ3n) is 3.58. The standard InChI is InChI=1S/C14H23N3O3/c1-10(2)8-12-15-13(20-16-12)9-17-6-4-11(5-7-17)14(18)19-3/h10-11H,4-9H2,1-3H3. The van der Waals surface area contributed by atoms with E-state index in [0.717, 1.165) is 38.2 Å². The second-order valence-corrected chi connectivity index (χ2v) is 5.78. The van der Waals surface area contributed by atoms with Gasteiger partial charge in [0.2, 0.25) is 5.89 Å². The van der Waals surface area contributed by atoms with Crippen molar-refractivity contribution in [3.05, 3.63) is 11.7 Å². The number of carbonyl (C=O) groups excluding carboxylic acids is 1.